The summed E-state index contributed by atoms with van der Waals surface area (Å²) in [5.74, 6) is 2.01. The highest BCUT2D eigenvalue weighted by Crippen LogP contribution is 2.54. The van der Waals surface area contributed by atoms with Crippen molar-refractivity contribution in [1.29, 1.82) is 0 Å². The molecule has 2 unspecified atom stereocenters. The number of piperidine rings is 2. The highest BCUT2D eigenvalue weighted by Gasteiger charge is 2.57. The number of nitrogens with one attached hydrogen (secondary N) is 4. The lowest BCUT2D eigenvalue weighted by molar-refractivity contribution is -0.137. The van der Waals surface area contributed by atoms with Crippen molar-refractivity contribution in [2.75, 3.05) is 14.2 Å². The molecule has 4 aliphatic rings. The fourth-order valence-corrected chi connectivity index (χ4v) is 8.74. The normalized spacial score (nSPS) is 24.4. The molecule has 2 aromatic heterocycles. The van der Waals surface area contributed by atoms with Gasteiger partial charge in [0.15, 0.2) is 0 Å². The standard InChI is InChI=1S/C42H50N8O6/c1-21(2)35(47-41(53)55-5)39(51)49-31-15-27(31)17-33(49)37-43-19-29(45-37)25-11-7-23(8-12-25)24-9-13-26(14-10-24)30-20-44-38(46-30)34-18-28-16-32(28)50(34)40(52)36(22(3)4)48-42(54)56-6/h7-14,19-22,27-28,31-36H,15-18H2,1-6H3,(H,43,45)(H,44,46)(H,47,53)(H,48,54)/t27-,28?,31?,32-,33+,34+,35+,36+/m1/s1. The second-order valence-electron chi connectivity index (χ2n) is 16.4. The molecule has 2 aromatic carbocycles. The van der Waals surface area contributed by atoms with Gasteiger partial charge in [0.1, 0.15) is 23.7 Å². The van der Waals surface area contributed by atoms with E-state index in [0.717, 1.165) is 71.0 Å². The minimum atomic E-state index is -0.676. The Morgan fingerprint density at radius 2 is 0.964 bits per heavy atom. The number of hydrogen-bond acceptors (Lipinski definition) is 8. The molecule has 14 nitrogen and oxygen atoms in total. The Kier molecular flexibility index (Phi) is 9.83. The summed E-state index contributed by atoms with van der Waals surface area (Å²) >= 11 is 0. The summed E-state index contributed by atoms with van der Waals surface area (Å²) in [6.45, 7) is 7.67. The van der Waals surface area contributed by atoms with Crippen LogP contribution in [0.3, 0.4) is 0 Å². The summed E-state index contributed by atoms with van der Waals surface area (Å²) in [6.07, 6.45) is 6.06. The van der Waals surface area contributed by atoms with Gasteiger partial charge >= 0.3 is 12.2 Å². The van der Waals surface area contributed by atoms with Gasteiger partial charge in [-0.3, -0.25) is 9.59 Å². The Bertz CT molecular complexity index is 1960. The molecule has 8 atom stereocenters. The first-order valence-electron chi connectivity index (χ1n) is 19.6. The van der Waals surface area contributed by atoms with Crippen LogP contribution in [0.4, 0.5) is 9.59 Å². The average Bonchev–Trinajstić information content (AvgIpc) is 3.79. The maximum absolute atomic E-state index is 13.8. The molecule has 4 fully saturated rings. The van der Waals surface area contributed by atoms with Crippen LogP contribution in [0, 0.1) is 23.7 Å². The summed E-state index contributed by atoms with van der Waals surface area (Å²) in [5.41, 5.74) is 5.85. The van der Waals surface area contributed by atoms with E-state index in [-0.39, 0.29) is 47.8 Å². The van der Waals surface area contributed by atoms with E-state index >= 15 is 0 Å². The van der Waals surface area contributed by atoms with Crippen LogP contribution >= 0.6 is 0 Å². The number of nitrogens with zero attached hydrogens (tertiary/aromatic N) is 4. The van der Waals surface area contributed by atoms with E-state index in [1.807, 2.05) is 49.9 Å². The Labute approximate surface area is 326 Å². The van der Waals surface area contributed by atoms with Gasteiger partial charge in [-0.1, -0.05) is 76.2 Å². The minimum absolute atomic E-state index is 0.0971. The molecule has 2 aliphatic carbocycles. The van der Waals surface area contributed by atoms with Crippen molar-refractivity contribution in [3.63, 3.8) is 0 Å². The van der Waals surface area contributed by atoms with Crippen molar-refractivity contribution in [2.45, 2.75) is 89.6 Å². The van der Waals surface area contributed by atoms with E-state index in [1.54, 1.807) is 0 Å². The van der Waals surface area contributed by atoms with Gasteiger partial charge in [-0.2, -0.15) is 0 Å². The number of amides is 4. The Hall–Kier alpha value is -5.66. The summed E-state index contributed by atoms with van der Waals surface area (Å²) in [4.78, 5) is 71.9. The number of fused-ring (bicyclic) bond motifs is 2. The molecule has 4 N–H and O–H groups in total. The summed E-state index contributed by atoms with van der Waals surface area (Å²) in [5, 5.41) is 5.47. The smallest absolute Gasteiger partial charge is 0.407 e. The Morgan fingerprint density at radius 3 is 1.30 bits per heavy atom. The largest absolute Gasteiger partial charge is 0.453 e. The van der Waals surface area contributed by atoms with Gasteiger partial charge in [0, 0.05) is 12.1 Å². The Morgan fingerprint density at radius 1 is 0.607 bits per heavy atom. The zero-order valence-electron chi connectivity index (χ0n) is 32.6. The van der Waals surface area contributed by atoms with Gasteiger partial charge in [0.25, 0.3) is 0 Å². The second kappa shape index (κ2) is 14.8. The first-order valence-corrected chi connectivity index (χ1v) is 19.6. The quantitative estimate of drug-likeness (QED) is 0.139. The topological polar surface area (TPSA) is 175 Å². The van der Waals surface area contributed by atoms with E-state index in [9.17, 15) is 19.2 Å². The SMILES string of the molecule is COC(=O)N[C@H](C(=O)N1C2C[C@@H]2C[C@H]1c1ncc(-c2ccc(-c3ccc(-c4cnc([C@@H]5CC6C[C@H]6N5C(=O)[C@@H](NC(=O)OC)C(C)C)[nH]4)cc3)cc2)[nH]1)C(C)C. The van der Waals surface area contributed by atoms with Gasteiger partial charge in [0.2, 0.25) is 11.8 Å². The van der Waals surface area contributed by atoms with Gasteiger partial charge in [-0.15, -0.1) is 0 Å². The molecule has 0 spiro atoms. The lowest BCUT2D eigenvalue weighted by Gasteiger charge is -2.31. The zero-order valence-corrected chi connectivity index (χ0v) is 32.6. The van der Waals surface area contributed by atoms with E-state index in [2.05, 4.69) is 69.1 Å². The number of imidazole rings is 2. The fourth-order valence-electron chi connectivity index (χ4n) is 8.74. The number of aromatic amines is 2. The van der Waals surface area contributed by atoms with Crippen LogP contribution in [0.1, 0.15) is 77.1 Å². The monoisotopic (exact) mass is 762 g/mol. The van der Waals surface area contributed by atoms with E-state index in [4.69, 9.17) is 19.4 Å². The molecule has 0 bridgehead atoms. The van der Waals surface area contributed by atoms with Gasteiger partial charge in [-0.05, 0) is 71.6 Å². The van der Waals surface area contributed by atoms with E-state index in [0.29, 0.717) is 11.8 Å². The molecule has 2 aliphatic heterocycles. The maximum atomic E-state index is 13.8. The number of carbonyl (C=O) groups is 4. The predicted molar refractivity (Wildman–Crippen MR) is 208 cm³/mol. The van der Waals surface area contributed by atoms with E-state index in [1.165, 1.54) is 14.2 Å². The summed E-state index contributed by atoms with van der Waals surface area (Å²) in [7, 11) is 2.60. The molecule has 4 amide bonds. The van der Waals surface area contributed by atoms with Crippen molar-refractivity contribution in [1.82, 2.24) is 40.4 Å². The van der Waals surface area contributed by atoms with Crippen molar-refractivity contribution in [2.24, 2.45) is 23.7 Å². The minimum Gasteiger partial charge on any atom is -0.453 e. The number of ether oxygens (including phenoxy) is 2. The van der Waals surface area contributed by atoms with Crippen LogP contribution in [0.15, 0.2) is 60.9 Å². The number of aromatic nitrogens is 4. The number of hydrogen-bond donors (Lipinski definition) is 4. The van der Waals surface area contributed by atoms with Crippen LogP contribution in [-0.4, -0.2) is 92.1 Å². The van der Waals surface area contributed by atoms with Crippen molar-refractivity contribution in [3.05, 3.63) is 72.6 Å². The molecular formula is C42H50N8O6. The summed E-state index contributed by atoms with van der Waals surface area (Å²) < 4.78 is 9.58. The highest BCUT2D eigenvalue weighted by molar-refractivity contribution is 5.88. The van der Waals surface area contributed by atoms with Crippen LogP contribution in [0.2, 0.25) is 0 Å². The van der Waals surface area contributed by atoms with Gasteiger partial charge < -0.3 is 39.9 Å². The highest BCUT2D eigenvalue weighted by atomic mass is 16.5. The van der Waals surface area contributed by atoms with Crippen LogP contribution in [-0.2, 0) is 19.1 Å². The van der Waals surface area contributed by atoms with Gasteiger partial charge in [0.05, 0.1) is 50.1 Å². The van der Waals surface area contributed by atoms with Crippen LogP contribution in [0.25, 0.3) is 33.6 Å². The first kappa shape index (κ1) is 37.3. The average molecular weight is 763 g/mol. The van der Waals surface area contributed by atoms with E-state index < -0.39 is 24.3 Å². The number of alkyl carbamates (subject to hydrolysis) is 2. The second-order valence-corrected chi connectivity index (χ2v) is 16.4. The molecular weight excluding hydrogens is 713 g/mol. The lowest BCUT2D eigenvalue weighted by atomic mass is 10.0. The molecule has 8 rings (SSSR count). The number of likely N-dealkylation sites (tertiary alicyclic amines) is 2. The van der Waals surface area contributed by atoms with Gasteiger partial charge in [-0.25, -0.2) is 19.6 Å². The van der Waals surface area contributed by atoms with Crippen LogP contribution < -0.4 is 10.6 Å². The molecule has 56 heavy (non-hydrogen) atoms. The maximum Gasteiger partial charge on any atom is 0.407 e. The number of methoxy groups -OCH3 is 2. The molecule has 2 saturated heterocycles. The van der Waals surface area contributed by atoms with Crippen molar-refractivity contribution in [3.8, 4) is 33.6 Å². The first-order chi connectivity index (χ1) is 26.9. The molecule has 294 valence electrons. The fraction of sp³-hybridized carbons (Fsp3) is 0.476. The number of benzene rings is 2. The lowest BCUT2D eigenvalue weighted by Crippen LogP contribution is -2.52. The molecule has 14 heteroatoms. The van der Waals surface area contributed by atoms with Crippen molar-refractivity contribution >= 4 is 24.0 Å². The molecule has 4 heterocycles. The molecule has 0 radical (unpaired) electrons. The summed E-state index contributed by atoms with van der Waals surface area (Å²) in [6, 6.07) is 15.2. The third kappa shape index (κ3) is 7.01. The number of carbonyl (C=O) groups excluding carboxylic acids is 4. The number of H-pyrrole nitrogens is 2. The zero-order chi connectivity index (χ0) is 39.4. The van der Waals surface area contributed by atoms with Crippen LogP contribution in [0.5, 0.6) is 0 Å². The van der Waals surface area contributed by atoms with Crippen molar-refractivity contribution < 1.29 is 28.7 Å². The number of rotatable bonds is 11. The molecule has 2 saturated carbocycles. The molecule has 4 aromatic rings. The Balaban J connectivity index is 0.931. The predicted octanol–water partition coefficient (Wildman–Crippen LogP) is 6.22. The third-order valence-electron chi connectivity index (χ3n) is 12.0. The third-order valence-corrected chi connectivity index (χ3v) is 12.0.